The number of nitrogens with zero attached hydrogens (tertiary/aromatic N) is 3. The van der Waals surface area contributed by atoms with Crippen LogP contribution in [0.1, 0.15) is 19.8 Å². The zero-order chi connectivity index (χ0) is 17.0. The average molecular weight is 357 g/mol. The van der Waals surface area contributed by atoms with E-state index in [4.69, 9.17) is 5.73 Å². The number of hydrogen-bond acceptors (Lipinski definition) is 5. The number of nitrogens with two attached hydrogens (primary N) is 1. The molecule has 1 aliphatic rings. The fourth-order valence-electron chi connectivity index (χ4n) is 3.00. The molecular formula is C16H25ClN4O3. The second kappa shape index (κ2) is 8.84. The number of piperidine rings is 1. The number of benzene rings is 1. The van der Waals surface area contributed by atoms with Gasteiger partial charge in [0.25, 0.3) is 5.69 Å². The van der Waals surface area contributed by atoms with E-state index < -0.39 is 4.92 Å². The van der Waals surface area contributed by atoms with Crippen molar-refractivity contribution in [1.29, 1.82) is 0 Å². The van der Waals surface area contributed by atoms with E-state index in [9.17, 15) is 14.9 Å². The number of carbonyl (C=O) groups is 1. The minimum atomic E-state index is -0.427. The van der Waals surface area contributed by atoms with Crippen molar-refractivity contribution >= 4 is 29.7 Å². The van der Waals surface area contributed by atoms with Gasteiger partial charge in [0.1, 0.15) is 5.69 Å². The lowest BCUT2D eigenvalue weighted by Crippen LogP contribution is -2.47. The van der Waals surface area contributed by atoms with Gasteiger partial charge >= 0.3 is 0 Å². The number of likely N-dealkylation sites (N-methyl/N-ethyl adjacent to an activating group) is 1. The average Bonchev–Trinajstić information content (AvgIpc) is 2.54. The molecule has 7 nitrogen and oxygen atoms in total. The Morgan fingerprint density at radius 2 is 2.17 bits per heavy atom. The second-order valence-electron chi connectivity index (χ2n) is 6.20. The third kappa shape index (κ3) is 4.82. The van der Waals surface area contributed by atoms with Crippen molar-refractivity contribution in [1.82, 2.24) is 4.90 Å². The fraction of sp³-hybridized carbons (Fsp3) is 0.562. The van der Waals surface area contributed by atoms with Crippen LogP contribution in [0.5, 0.6) is 0 Å². The molecule has 0 saturated carbocycles. The third-order valence-electron chi connectivity index (χ3n) is 4.42. The van der Waals surface area contributed by atoms with Crippen molar-refractivity contribution in [3.8, 4) is 0 Å². The summed E-state index contributed by atoms with van der Waals surface area (Å²) in [6, 6.07) is 6.53. The summed E-state index contributed by atoms with van der Waals surface area (Å²) in [6.07, 6.45) is 1.99. The second-order valence-corrected chi connectivity index (χ2v) is 6.20. The Labute approximate surface area is 148 Å². The fourth-order valence-corrected chi connectivity index (χ4v) is 3.00. The number of rotatable bonds is 5. The molecule has 2 atom stereocenters. The van der Waals surface area contributed by atoms with Crippen LogP contribution in [0, 0.1) is 16.0 Å². The zero-order valence-corrected chi connectivity index (χ0v) is 14.9. The van der Waals surface area contributed by atoms with Crippen LogP contribution in [0.15, 0.2) is 24.3 Å². The van der Waals surface area contributed by atoms with Crippen LogP contribution < -0.4 is 10.6 Å². The van der Waals surface area contributed by atoms with E-state index in [0.29, 0.717) is 18.2 Å². The van der Waals surface area contributed by atoms with Crippen LogP contribution in [-0.4, -0.2) is 48.5 Å². The molecular weight excluding hydrogens is 332 g/mol. The Balaban J connectivity index is 0.00000288. The molecule has 1 saturated heterocycles. The first kappa shape index (κ1) is 20.2. The first-order valence-corrected chi connectivity index (χ1v) is 7.88. The SMILES string of the molecule is CC(N)C1CCCN(C(=O)CN(C)c2ccccc2[N+](=O)[O-])C1.Cl. The predicted molar refractivity (Wildman–Crippen MR) is 96.6 cm³/mol. The zero-order valence-electron chi connectivity index (χ0n) is 14.1. The van der Waals surface area contributed by atoms with Gasteiger partial charge in [0.2, 0.25) is 5.91 Å². The third-order valence-corrected chi connectivity index (χ3v) is 4.42. The quantitative estimate of drug-likeness (QED) is 0.643. The van der Waals surface area contributed by atoms with Gasteiger partial charge in [-0.25, -0.2) is 0 Å². The highest BCUT2D eigenvalue weighted by Gasteiger charge is 2.27. The van der Waals surface area contributed by atoms with Gasteiger partial charge in [-0.15, -0.1) is 12.4 Å². The summed E-state index contributed by atoms with van der Waals surface area (Å²) in [5.74, 6) is 0.306. The van der Waals surface area contributed by atoms with Gasteiger partial charge < -0.3 is 15.5 Å². The van der Waals surface area contributed by atoms with Gasteiger partial charge in [0, 0.05) is 32.2 Å². The number of hydrogen-bond donors (Lipinski definition) is 1. The Morgan fingerprint density at radius 3 is 2.79 bits per heavy atom. The van der Waals surface area contributed by atoms with Gasteiger partial charge in [0.15, 0.2) is 0 Å². The van der Waals surface area contributed by atoms with E-state index in [0.717, 1.165) is 19.4 Å². The number of para-hydroxylation sites is 2. The standard InChI is InChI=1S/C16H24N4O3.ClH/c1-12(17)13-6-5-9-19(10-13)16(21)11-18(2)14-7-3-4-8-15(14)20(22)23;/h3-4,7-8,12-13H,5-6,9-11,17H2,1-2H3;1H. The molecule has 1 heterocycles. The number of anilines is 1. The van der Waals surface area contributed by atoms with E-state index in [-0.39, 0.29) is 36.6 Å². The molecule has 0 radical (unpaired) electrons. The number of amides is 1. The van der Waals surface area contributed by atoms with Gasteiger partial charge in [-0.1, -0.05) is 12.1 Å². The van der Waals surface area contributed by atoms with Crippen molar-refractivity contribution in [2.75, 3.05) is 31.6 Å². The van der Waals surface area contributed by atoms with Crippen molar-refractivity contribution in [3.63, 3.8) is 0 Å². The summed E-state index contributed by atoms with van der Waals surface area (Å²) >= 11 is 0. The summed E-state index contributed by atoms with van der Waals surface area (Å²) in [7, 11) is 1.70. The Hall–Kier alpha value is -1.86. The monoisotopic (exact) mass is 356 g/mol. The van der Waals surface area contributed by atoms with E-state index in [2.05, 4.69) is 0 Å². The normalized spacial score (nSPS) is 18.5. The molecule has 24 heavy (non-hydrogen) atoms. The molecule has 2 unspecified atom stereocenters. The van der Waals surface area contributed by atoms with Crippen molar-refractivity contribution in [3.05, 3.63) is 34.4 Å². The first-order valence-electron chi connectivity index (χ1n) is 7.88. The molecule has 0 spiro atoms. The van der Waals surface area contributed by atoms with Crippen LogP contribution in [-0.2, 0) is 4.79 Å². The largest absolute Gasteiger partial charge is 0.360 e. The van der Waals surface area contributed by atoms with Crippen LogP contribution in [0.4, 0.5) is 11.4 Å². The van der Waals surface area contributed by atoms with Crippen molar-refractivity contribution in [2.24, 2.45) is 11.7 Å². The van der Waals surface area contributed by atoms with Crippen LogP contribution >= 0.6 is 12.4 Å². The molecule has 8 heteroatoms. The molecule has 0 bridgehead atoms. The Kier molecular flexibility index (Phi) is 7.44. The highest BCUT2D eigenvalue weighted by atomic mass is 35.5. The van der Waals surface area contributed by atoms with Crippen LogP contribution in [0.25, 0.3) is 0 Å². The maximum Gasteiger partial charge on any atom is 0.292 e. The van der Waals surface area contributed by atoms with Gasteiger partial charge in [0.05, 0.1) is 11.5 Å². The molecule has 134 valence electrons. The first-order chi connectivity index (χ1) is 10.9. The number of likely N-dealkylation sites (tertiary alicyclic amines) is 1. The molecule has 0 aliphatic carbocycles. The smallest absolute Gasteiger partial charge is 0.292 e. The van der Waals surface area contributed by atoms with E-state index >= 15 is 0 Å². The topological polar surface area (TPSA) is 92.7 Å². The Morgan fingerprint density at radius 1 is 1.50 bits per heavy atom. The summed E-state index contributed by atoms with van der Waals surface area (Å²) in [4.78, 5) is 26.6. The highest BCUT2D eigenvalue weighted by molar-refractivity contribution is 5.85. The minimum absolute atomic E-state index is 0. The minimum Gasteiger partial charge on any atom is -0.360 e. The molecule has 1 aliphatic heterocycles. The molecule has 1 amide bonds. The van der Waals surface area contributed by atoms with Crippen molar-refractivity contribution in [2.45, 2.75) is 25.8 Å². The predicted octanol–water partition coefficient (Wildman–Crippen LogP) is 2.04. The lowest BCUT2D eigenvalue weighted by atomic mass is 9.92. The molecule has 2 rings (SSSR count). The molecule has 1 aromatic carbocycles. The number of nitro benzene ring substituents is 1. The van der Waals surface area contributed by atoms with E-state index in [1.807, 2.05) is 11.8 Å². The van der Waals surface area contributed by atoms with Crippen molar-refractivity contribution < 1.29 is 9.72 Å². The number of halogens is 1. The lowest BCUT2D eigenvalue weighted by molar-refractivity contribution is -0.384. The summed E-state index contributed by atoms with van der Waals surface area (Å²) in [6.45, 7) is 3.49. The molecule has 1 fully saturated rings. The maximum absolute atomic E-state index is 12.5. The molecule has 2 N–H and O–H groups in total. The van der Waals surface area contributed by atoms with E-state index in [1.165, 1.54) is 6.07 Å². The van der Waals surface area contributed by atoms with Gasteiger partial charge in [-0.3, -0.25) is 14.9 Å². The lowest BCUT2D eigenvalue weighted by Gasteiger charge is -2.35. The Bertz CT molecular complexity index is 582. The summed E-state index contributed by atoms with van der Waals surface area (Å²) < 4.78 is 0. The summed E-state index contributed by atoms with van der Waals surface area (Å²) in [5.41, 5.74) is 6.41. The summed E-state index contributed by atoms with van der Waals surface area (Å²) in [5, 5.41) is 11.1. The number of nitro groups is 1. The van der Waals surface area contributed by atoms with Gasteiger partial charge in [-0.05, 0) is 31.7 Å². The van der Waals surface area contributed by atoms with Gasteiger partial charge in [-0.2, -0.15) is 0 Å². The number of carbonyl (C=O) groups excluding carboxylic acids is 1. The van der Waals surface area contributed by atoms with Crippen LogP contribution in [0.3, 0.4) is 0 Å². The van der Waals surface area contributed by atoms with E-state index in [1.54, 1.807) is 30.1 Å². The van der Waals surface area contributed by atoms with Crippen LogP contribution in [0.2, 0.25) is 0 Å². The molecule has 1 aromatic rings. The maximum atomic E-state index is 12.5. The highest BCUT2D eigenvalue weighted by Crippen LogP contribution is 2.27. The molecule has 0 aromatic heterocycles.